The number of rotatable bonds is 5. The molecule has 0 spiro atoms. The zero-order valence-electron chi connectivity index (χ0n) is 9.54. The molecule has 2 unspecified atom stereocenters. The van der Waals surface area contributed by atoms with Gasteiger partial charge in [0.1, 0.15) is 0 Å². The quantitative estimate of drug-likeness (QED) is 0.538. The van der Waals surface area contributed by atoms with Gasteiger partial charge in [-0.1, -0.05) is 6.92 Å². The van der Waals surface area contributed by atoms with Crippen LogP contribution in [0.15, 0.2) is 0 Å². The van der Waals surface area contributed by atoms with E-state index < -0.39 is 8.56 Å². The molecule has 2 atom stereocenters. The highest BCUT2D eigenvalue weighted by molar-refractivity contribution is 7.99. The molecule has 1 saturated heterocycles. The van der Waals surface area contributed by atoms with Crippen LogP contribution in [0.4, 0.5) is 0 Å². The van der Waals surface area contributed by atoms with Crippen molar-refractivity contribution in [3.63, 3.8) is 0 Å². The Labute approximate surface area is 93.0 Å². The number of hydrogen-bond donors (Lipinski definition) is 0. The van der Waals surface area contributed by atoms with Crippen LogP contribution in [0.3, 0.4) is 0 Å². The van der Waals surface area contributed by atoms with Gasteiger partial charge in [0.2, 0.25) is 0 Å². The molecule has 2 nitrogen and oxygen atoms in total. The van der Waals surface area contributed by atoms with Gasteiger partial charge in [-0.15, -0.1) is 0 Å². The Kier molecular flexibility index (Phi) is 5.52. The molecule has 0 N–H and O–H groups in total. The Bertz CT molecular complexity index is 168. The third-order valence-electron chi connectivity index (χ3n) is 2.43. The zero-order valence-corrected chi connectivity index (χ0v) is 11.4. The molecular formula is C10H22O2SSi. The summed E-state index contributed by atoms with van der Waals surface area (Å²) in [4.78, 5) is 0. The average molecular weight is 234 g/mol. The van der Waals surface area contributed by atoms with E-state index in [4.69, 9.17) is 8.85 Å². The molecule has 0 saturated carbocycles. The standard InChI is InChI=1S/C10H22O2SSi/c1-4-7-13-8-9-14(3)11-6-5-10(2)12-14/h10H,4-9H2,1-3H3. The predicted molar refractivity (Wildman–Crippen MR) is 65.2 cm³/mol. The summed E-state index contributed by atoms with van der Waals surface area (Å²) >= 11 is 2.02. The summed E-state index contributed by atoms with van der Waals surface area (Å²) in [5, 5.41) is 0. The van der Waals surface area contributed by atoms with Crippen LogP contribution in [0.5, 0.6) is 0 Å². The maximum Gasteiger partial charge on any atom is 0.335 e. The van der Waals surface area contributed by atoms with Crippen LogP contribution in [-0.2, 0) is 8.85 Å². The summed E-state index contributed by atoms with van der Waals surface area (Å²) in [7, 11) is -1.77. The SMILES string of the molecule is CCCSCC[Si]1(C)OCCC(C)O1. The summed E-state index contributed by atoms with van der Waals surface area (Å²) in [6.07, 6.45) is 2.74. The lowest BCUT2D eigenvalue weighted by molar-refractivity contribution is 0.0613. The second-order valence-electron chi connectivity index (χ2n) is 4.06. The van der Waals surface area contributed by atoms with Crippen LogP contribution in [0.2, 0.25) is 12.6 Å². The van der Waals surface area contributed by atoms with Crippen molar-refractivity contribution in [1.29, 1.82) is 0 Å². The molecule has 0 aromatic heterocycles. The minimum Gasteiger partial charge on any atom is -0.394 e. The van der Waals surface area contributed by atoms with Gasteiger partial charge in [-0.2, -0.15) is 11.8 Å². The summed E-state index contributed by atoms with van der Waals surface area (Å²) in [5.41, 5.74) is 0. The van der Waals surface area contributed by atoms with Gasteiger partial charge in [0, 0.05) is 12.7 Å². The van der Waals surface area contributed by atoms with Crippen molar-refractivity contribution in [3.05, 3.63) is 0 Å². The van der Waals surface area contributed by atoms with Crippen LogP contribution in [-0.4, -0.2) is 32.8 Å². The smallest absolute Gasteiger partial charge is 0.335 e. The van der Waals surface area contributed by atoms with Gasteiger partial charge in [-0.3, -0.25) is 0 Å². The van der Waals surface area contributed by atoms with E-state index in [1.807, 2.05) is 11.8 Å². The monoisotopic (exact) mass is 234 g/mol. The van der Waals surface area contributed by atoms with E-state index in [9.17, 15) is 0 Å². The second-order valence-corrected chi connectivity index (χ2v) is 8.58. The summed E-state index contributed by atoms with van der Waals surface area (Å²) in [6, 6.07) is 1.14. The molecule has 4 heteroatoms. The lowest BCUT2D eigenvalue weighted by atomic mass is 10.3. The fourth-order valence-electron chi connectivity index (χ4n) is 1.59. The Morgan fingerprint density at radius 2 is 2.21 bits per heavy atom. The lowest BCUT2D eigenvalue weighted by Crippen LogP contribution is -2.46. The molecule has 14 heavy (non-hydrogen) atoms. The molecule has 1 fully saturated rings. The van der Waals surface area contributed by atoms with Gasteiger partial charge in [0.05, 0.1) is 0 Å². The normalized spacial score (nSPS) is 33.2. The van der Waals surface area contributed by atoms with E-state index >= 15 is 0 Å². The third kappa shape index (κ3) is 4.34. The Balaban J connectivity index is 2.19. The first kappa shape index (κ1) is 12.6. The van der Waals surface area contributed by atoms with Gasteiger partial charge in [-0.05, 0) is 43.9 Å². The highest BCUT2D eigenvalue weighted by Crippen LogP contribution is 2.24. The van der Waals surface area contributed by atoms with Gasteiger partial charge < -0.3 is 8.85 Å². The van der Waals surface area contributed by atoms with Crippen molar-refractivity contribution in [1.82, 2.24) is 0 Å². The topological polar surface area (TPSA) is 18.5 Å². The largest absolute Gasteiger partial charge is 0.394 e. The van der Waals surface area contributed by atoms with E-state index in [1.54, 1.807) is 0 Å². The maximum atomic E-state index is 5.96. The van der Waals surface area contributed by atoms with E-state index in [0.717, 1.165) is 19.1 Å². The Morgan fingerprint density at radius 3 is 2.86 bits per heavy atom. The van der Waals surface area contributed by atoms with Crippen LogP contribution < -0.4 is 0 Å². The van der Waals surface area contributed by atoms with Crippen LogP contribution in [0, 0.1) is 0 Å². The first-order chi connectivity index (χ1) is 6.66. The fraction of sp³-hybridized carbons (Fsp3) is 1.00. The molecule has 0 bridgehead atoms. The van der Waals surface area contributed by atoms with Crippen molar-refractivity contribution in [2.24, 2.45) is 0 Å². The number of thioether (sulfide) groups is 1. The first-order valence-electron chi connectivity index (χ1n) is 5.56. The van der Waals surface area contributed by atoms with E-state index in [1.165, 1.54) is 17.9 Å². The fourth-order valence-corrected chi connectivity index (χ4v) is 6.00. The van der Waals surface area contributed by atoms with Gasteiger partial charge in [0.15, 0.2) is 0 Å². The van der Waals surface area contributed by atoms with Crippen LogP contribution >= 0.6 is 11.8 Å². The van der Waals surface area contributed by atoms with Crippen molar-refractivity contribution in [2.45, 2.75) is 45.4 Å². The van der Waals surface area contributed by atoms with Crippen molar-refractivity contribution in [2.75, 3.05) is 18.1 Å². The van der Waals surface area contributed by atoms with E-state index in [2.05, 4.69) is 20.4 Å². The number of hydrogen-bond acceptors (Lipinski definition) is 3. The minimum atomic E-state index is -1.77. The third-order valence-corrected chi connectivity index (χ3v) is 6.86. The molecule has 1 rings (SSSR count). The summed E-state index contributed by atoms with van der Waals surface area (Å²) in [6.45, 7) is 7.49. The molecule has 1 aliphatic heterocycles. The van der Waals surface area contributed by atoms with Gasteiger partial charge in [-0.25, -0.2) is 0 Å². The summed E-state index contributed by atoms with van der Waals surface area (Å²) < 4.78 is 11.8. The van der Waals surface area contributed by atoms with Crippen molar-refractivity contribution < 1.29 is 8.85 Å². The second kappa shape index (κ2) is 6.15. The highest BCUT2D eigenvalue weighted by Gasteiger charge is 2.36. The molecular weight excluding hydrogens is 212 g/mol. The Morgan fingerprint density at radius 1 is 1.43 bits per heavy atom. The predicted octanol–water partition coefficient (Wildman–Crippen LogP) is 3.03. The van der Waals surface area contributed by atoms with Crippen LogP contribution in [0.1, 0.15) is 26.7 Å². The summed E-state index contributed by atoms with van der Waals surface area (Å²) in [5.74, 6) is 2.46. The van der Waals surface area contributed by atoms with E-state index in [-0.39, 0.29) is 0 Å². The molecule has 0 radical (unpaired) electrons. The molecule has 1 aliphatic rings. The molecule has 0 aliphatic carbocycles. The highest BCUT2D eigenvalue weighted by atomic mass is 32.2. The molecule has 84 valence electrons. The van der Waals surface area contributed by atoms with E-state index in [0.29, 0.717) is 6.10 Å². The van der Waals surface area contributed by atoms with Crippen molar-refractivity contribution in [3.8, 4) is 0 Å². The molecule has 0 amide bonds. The molecule has 0 aromatic carbocycles. The minimum absolute atomic E-state index is 0.414. The average Bonchev–Trinajstić information content (AvgIpc) is 2.12. The van der Waals surface area contributed by atoms with Crippen molar-refractivity contribution >= 4 is 20.3 Å². The molecule has 0 aromatic rings. The Hall–Kier alpha value is 0.487. The maximum absolute atomic E-state index is 5.96. The zero-order chi connectivity index (χ0) is 10.4. The van der Waals surface area contributed by atoms with Gasteiger partial charge >= 0.3 is 8.56 Å². The van der Waals surface area contributed by atoms with Crippen LogP contribution in [0.25, 0.3) is 0 Å². The molecule has 1 heterocycles. The van der Waals surface area contributed by atoms with Gasteiger partial charge in [0.25, 0.3) is 0 Å². The lowest BCUT2D eigenvalue weighted by Gasteiger charge is -2.35. The first-order valence-corrected chi connectivity index (χ1v) is 9.23.